The largest absolute Gasteiger partial charge is 0.385 e. The number of nitrogens with one attached hydrogen (secondary N) is 1. The molecule has 6 heteroatoms. The van der Waals surface area contributed by atoms with Crippen LogP contribution >= 0.6 is 0 Å². The summed E-state index contributed by atoms with van der Waals surface area (Å²) in [6.45, 7) is 10.4. The van der Waals surface area contributed by atoms with Crippen LogP contribution in [0.15, 0.2) is 47.1 Å². The number of nitrogens with zero attached hydrogens (tertiary/aromatic N) is 1. The SMILES string of the molecule is C#C[C@]1(O)CC[C@@H]2[C@@H]3CCC4=C/C(=N\OCC(=O)NCC[C@]5(c6ccccc6)CCO[C@H](C(C)C)C5)CC[C@]4(C)[C@H]3CC[C@@]21C. The number of hydrogen-bond acceptors (Lipinski definition) is 5. The number of hydrogen-bond donors (Lipinski definition) is 2. The number of terminal acetylenes is 1. The van der Waals surface area contributed by atoms with E-state index in [0.29, 0.717) is 30.2 Å². The van der Waals surface area contributed by atoms with Gasteiger partial charge in [0.25, 0.3) is 5.91 Å². The number of oxime groups is 1. The van der Waals surface area contributed by atoms with Crippen LogP contribution in [0.4, 0.5) is 0 Å². The molecule has 1 heterocycles. The second kappa shape index (κ2) is 12.5. The van der Waals surface area contributed by atoms with Crippen LogP contribution in [-0.2, 0) is 19.8 Å². The van der Waals surface area contributed by atoms with Gasteiger partial charge >= 0.3 is 0 Å². The van der Waals surface area contributed by atoms with E-state index in [1.165, 1.54) is 11.1 Å². The fraction of sp³-hybridized carbons (Fsp3) is 0.692. The Morgan fingerprint density at radius 3 is 2.64 bits per heavy atom. The van der Waals surface area contributed by atoms with E-state index in [4.69, 9.17) is 16.0 Å². The van der Waals surface area contributed by atoms with Gasteiger partial charge in [0.1, 0.15) is 5.60 Å². The van der Waals surface area contributed by atoms with Crippen molar-refractivity contribution in [3.63, 3.8) is 0 Å². The van der Waals surface area contributed by atoms with Crippen LogP contribution in [0.25, 0.3) is 0 Å². The van der Waals surface area contributed by atoms with Gasteiger partial charge in [0, 0.05) is 24.0 Å². The molecule has 0 spiro atoms. The molecule has 6 nitrogen and oxygen atoms in total. The molecular weight excluding hydrogens is 560 g/mol. The third kappa shape index (κ3) is 5.78. The lowest BCUT2D eigenvalue weighted by atomic mass is 9.46. The van der Waals surface area contributed by atoms with Crippen LogP contribution < -0.4 is 5.32 Å². The summed E-state index contributed by atoms with van der Waals surface area (Å²) in [4.78, 5) is 18.4. The van der Waals surface area contributed by atoms with Crippen LogP contribution in [0.2, 0.25) is 0 Å². The highest BCUT2D eigenvalue weighted by atomic mass is 16.6. The minimum Gasteiger partial charge on any atom is -0.385 e. The average molecular weight is 615 g/mol. The van der Waals surface area contributed by atoms with Crippen molar-refractivity contribution in [3.8, 4) is 12.3 Å². The van der Waals surface area contributed by atoms with Gasteiger partial charge in [0.2, 0.25) is 0 Å². The van der Waals surface area contributed by atoms with Gasteiger partial charge in [-0.05, 0) is 111 Å². The maximum Gasteiger partial charge on any atom is 0.260 e. The van der Waals surface area contributed by atoms with Crippen molar-refractivity contribution in [1.29, 1.82) is 0 Å². The second-order valence-electron chi connectivity index (χ2n) is 15.7. The minimum atomic E-state index is -0.958. The normalized spacial score (nSPS) is 40.1. The predicted molar refractivity (Wildman–Crippen MR) is 178 cm³/mol. The average Bonchev–Trinajstić information content (AvgIpc) is 3.32. The number of fused-ring (bicyclic) bond motifs is 5. The van der Waals surface area contributed by atoms with Crippen molar-refractivity contribution in [3.05, 3.63) is 47.5 Å². The lowest BCUT2D eigenvalue weighted by molar-refractivity contribution is -0.125. The molecule has 5 aliphatic rings. The van der Waals surface area contributed by atoms with Crippen molar-refractivity contribution in [2.24, 2.45) is 39.7 Å². The van der Waals surface area contributed by atoms with Gasteiger partial charge in [-0.3, -0.25) is 4.79 Å². The number of benzene rings is 1. The maximum absolute atomic E-state index is 12.8. The van der Waals surface area contributed by atoms with Gasteiger partial charge < -0.3 is 20.0 Å². The van der Waals surface area contributed by atoms with Crippen LogP contribution in [-0.4, -0.2) is 48.2 Å². The Hall–Kier alpha value is -2.62. The molecule has 0 aromatic heterocycles. The Balaban J connectivity index is 1.03. The molecule has 6 rings (SSSR count). The molecule has 4 aliphatic carbocycles. The highest BCUT2D eigenvalue weighted by Gasteiger charge is 2.63. The first-order chi connectivity index (χ1) is 21.5. The van der Waals surface area contributed by atoms with Crippen molar-refractivity contribution >= 4 is 11.6 Å². The Morgan fingerprint density at radius 2 is 1.89 bits per heavy atom. The summed E-state index contributed by atoms with van der Waals surface area (Å²) in [6.07, 6.45) is 19.2. The quantitative estimate of drug-likeness (QED) is 0.245. The lowest BCUT2D eigenvalue weighted by Gasteiger charge is -2.58. The van der Waals surface area contributed by atoms with Gasteiger partial charge in [0.15, 0.2) is 6.61 Å². The Kier molecular flexibility index (Phi) is 9.00. The van der Waals surface area contributed by atoms with Crippen LogP contribution in [0, 0.1) is 46.8 Å². The second-order valence-corrected chi connectivity index (χ2v) is 15.7. The summed E-state index contributed by atoms with van der Waals surface area (Å²) in [7, 11) is 0. The van der Waals surface area contributed by atoms with E-state index >= 15 is 0 Å². The summed E-state index contributed by atoms with van der Waals surface area (Å²) in [5, 5.41) is 18.8. The lowest BCUT2D eigenvalue weighted by Crippen LogP contribution is -2.54. The summed E-state index contributed by atoms with van der Waals surface area (Å²) in [5.74, 6) is 4.86. The number of ether oxygens (including phenoxy) is 1. The van der Waals surface area contributed by atoms with E-state index in [-0.39, 0.29) is 34.9 Å². The minimum absolute atomic E-state index is 0.00000715. The first-order valence-corrected chi connectivity index (χ1v) is 17.6. The van der Waals surface area contributed by atoms with Crippen LogP contribution in [0.1, 0.15) is 104 Å². The number of amides is 1. The van der Waals surface area contributed by atoms with Gasteiger partial charge in [-0.15, -0.1) is 6.42 Å². The topological polar surface area (TPSA) is 80.2 Å². The maximum atomic E-state index is 12.8. The zero-order chi connectivity index (χ0) is 31.9. The molecule has 1 saturated heterocycles. The summed E-state index contributed by atoms with van der Waals surface area (Å²) in [6, 6.07) is 10.7. The fourth-order valence-corrected chi connectivity index (χ4v) is 10.4. The van der Waals surface area contributed by atoms with Crippen molar-refractivity contribution in [1.82, 2.24) is 5.32 Å². The fourth-order valence-electron chi connectivity index (χ4n) is 10.4. The summed E-state index contributed by atoms with van der Waals surface area (Å²) < 4.78 is 6.11. The Labute approximate surface area is 270 Å². The number of carbonyl (C=O) groups is 1. The van der Waals surface area contributed by atoms with E-state index in [2.05, 4.69) is 80.5 Å². The molecule has 1 aromatic rings. The van der Waals surface area contributed by atoms with E-state index in [0.717, 1.165) is 82.9 Å². The highest BCUT2D eigenvalue weighted by molar-refractivity contribution is 5.96. The molecule has 0 unspecified atom stereocenters. The molecule has 2 N–H and O–H groups in total. The molecule has 0 radical (unpaired) electrons. The molecule has 4 fully saturated rings. The molecule has 244 valence electrons. The predicted octanol–water partition coefficient (Wildman–Crippen LogP) is 6.97. The molecule has 45 heavy (non-hydrogen) atoms. The number of rotatable bonds is 8. The zero-order valence-corrected chi connectivity index (χ0v) is 27.9. The van der Waals surface area contributed by atoms with Gasteiger partial charge in [-0.1, -0.05) is 74.7 Å². The smallest absolute Gasteiger partial charge is 0.260 e. The number of aliphatic hydroxyl groups is 1. The third-order valence-electron chi connectivity index (χ3n) is 13.3. The van der Waals surface area contributed by atoms with Crippen molar-refractivity contribution in [2.75, 3.05) is 19.8 Å². The first-order valence-electron chi connectivity index (χ1n) is 17.6. The molecule has 1 aromatic carbocycles. The first kappa shape index (κ1) is 32.3. The highest BCUT2D eigenvalue weighted by Crippen LogP contribution is 2.67. The molecule has 1 aliphatic heterocycles. The zero-order valence-electron chi connectivity index (χ0n) is 27.9. The van der Waals surface area contributed by atoms with Crippen molar-refractivity contribution < 1.29 is 19.5 Å². The Bertz CT molecular complexity index is 1350. The molecule has 3 saturated carbocycles. The molecular formula is C39H54N2O4. The molecule has 8 atom stereocenters. The third-order valence-corrected chi connectivity index (χ3v) is 13.3. The van der Waals surface area contributed by atoms with Crippen LogP contribution in [0.3, 0.4) is 0 Å². The van der Waals surface area contributed by atoms with Crippen molar-refractivity contribution in [2.45, 2.75) is 115 Å². The van der Waals surface area contributed by atoms with E-state index < -0.39 is 5.60 Å². The summed E-state index contributed by atoms with van der Waals surface area (Å²) >= 11 is 0. The van der Waals surface area contributed by atoms with Gasteiger partial charge in [-0.25, -0.2) is 0 Å². The Morgan fingerprint density at radius 1 is 1.11 bits per heavy atom. The van der Waals surface area contributed by atoms with E-state index in [1.807, 2.05) is 0 Å². The van der Waals surface area contributed by atoms with Crippen LogP contribution in [0.5, 0.6) is 0 Å². The number of allylic oxidation sites excluding steroid dienone is 2. The van der Waals surface area contributed by atoms with E-state index in [1.54, 1.807) is 0 Å². The van der Waals surface area contributed by atoms with Gasteiger partial charge in [0.05, 0.1) is 11.8 Å². The standard InChI is InChI=1S/C39H54N2O4/c1-6-39(43)19-16-33-31-13-12-29-24-30(14-17-36(29,4)32(31)15-18-37(33,39)5)41-45-26-35(42)40-22-20-38(28-10-8-7-9-11-28)21-23-44-34(25-38)27(2)3/h1,7-11,24,27,31-34,43H,12-23,25-26H2,2-5H3,(H,40,42)/b41-30-/t31-,32+,33-,34+,36+,37+,38+,39+/m1/s1. The number of carbonyl (C=O) groups excluding carboxylic acids is 1. The monoisotopic (exact) mass is 614 g/mol. The molecule has 1 amide bonds. The summed E-state index contributed by atoms with van der Waals surface area (Å²) in [5.41, 5.74) is 2.80. The van der Waals surface area contributed by atoms with E-state index in [9.17, 15) is 9.90 Å². The molecule has 0 bridgehead atoms. The van der Waals surface area contributed by atoms with Gasteiger partial charge in [-0.2, -0.15) is 0 Å².